The Morgan fingerprint density at radius 3 is 2.46 bits per heavy atom. The van der Waals surface area contributed by atoms with E-state index in [-0.39, 0.29) is 23.1 Å². The van der Waals surface area contributed by atoms with Gasteiger partial charge < -0.3 is 5.32 Å². The molecule has 0 bridgehead atoms. The van der Waals surface area contributed by atoms with Crippen LogP contribution in [-0.4, -0.2) is 16.3 Å². The van der Waals surface area contributed by atoms with Crippen molar-refractivity contribution in [1.82, 2.24) is 4.57 Å². The zero-order valence-corrected chi connectivity index (χ0v) is 15.3. The molecule has 1 amide bonds. The van der Waals surface area contributed by atoms with Crippen molar-refractivity contribution < 1.29 is 9.59 Å². The first-order valence-corrected chi connectivity index (χ1v) is 8.99. The molecule has 26 heavy (non-hydrogen) atoms. The highest BCUT2D eigenvalue weighted by Crippen LogP contribution is 2.21. The van der Waals surface area contributed by atoms with Gasteiger partial charge in [-0.05, 0) is 31.5 Å². The van der Waals surface area contributed by atoms with Gasteiger partial charge in [0.1, 0.15) is 6.54 Å². The van der Waals surface area contributed by atoms with Gasteiger partial charge in [0, 0.05) is 10.9 Å². The van der Waals surface area contributed by atoms with E-state index in [9.17, 15) is 14.4 Å². The first-order chi connectivity index (χ1) is 12.5. The van der Waals surface area contributed by atoms with Crippen molar-refractivity contribution in [2.45, 2.75) is 20.4 Å². The lowest BCUT2D eigenvalue weighted by molar-refractivity contribution is -0.116. The molecule has 1 aromatic heterocycles. The molecule has 6 heteroatoms. The van der Waals surface area contributed by atoms with Crippen LogP contribution < -0.4 is 10.2 Å². The normalized spacial score (nSPS) is 10.5. The molecule has 0 atom stereocenters. The average molecular weight is 366 g/mol. The Balaban J connectivity index is 1.85. The molecule has 0 radical (unpaired) electrons. The van der Waals surface area contributed by atoms with Crippen LogP contribution in [0.2, 0.25) is 0 Å². The molecule has 5 nitrogen and oxygen atoms in total. The molecule has 0 aliphatic rings. The molecule has 0 aliphatic carbocycles. The number of para-hydroxylation sites is 1. The summed E-state index contributed by atoms with van der Waals surface area (Å²) in [6.45, 7) is 3.33. The molecule has 1 heterocycles. The fourth-order valence-electron chi connectivity index (χ4n) is 2.66. The highest BCUT2D eigenvalue weighted by molar-refractivity contribution is 7.07. The summed E-state index contributed by atoms with van der Waals surface area (Å²) in [4.78, 5) is 36.1. The quantitative estimate of drug-likeness (QED) is 0.700. The van der Waals surface area contributed by atoms with Crippen LogP contribution in [0.25, 0.3) is 11.3 Å². The first kappa shape index (κ1) is 17.8. The molecule has 0 spiro atoms. The van der Waals surface area contributed by atoms with Crippen LogP contribution in [0.3, 0.4) is 0 Å². The lowest BCUT2D eigenvalue weighted by Crippen LogP contribution is -2.25. The molecule has 3 rings (SSSR count). The zero-order chi connectivity index (χ0) is 18.7. The number of aromatic nitrogens is 1. The van der Waals surface area contributed by atoms with Gasteiger partial charge in [0.2, 0.25) is 5.91 Å². The summed E-state index contributed by atoms with van der Waals surface area (Å²) in [5, 5.41) is 4.48. The van der Waals surface area contributed by atoms with Crippen molar-refractivity contribution in [3.8, 4) is 11.3 Å². The van der Waals surface area contributed by atoms with E-state index in [0.29, 0.717) is 16.9 Å². The second-order valence-electron chi connectivity index (χ2n) is 5.99. The number of hydrogen-bond acceptors (Lipinski definition) is 4. The minimum absolute atomic E-state index is 0.113. The first-order valence-electron chi connectivity index (χ1n) is 8.11. The summed E-state index contributed by atoms with van der Waals surface area (Å²) in [6, 6.07) is 14.6. The Kier molecular flexibility index (Phi) is 5.14. The van der Waals surface area contributed by atoms with Crippen molar-refractivity contribution in [3.05, 3.63) is 74.7 Å². The average Bonchev–Trinajstić information content (AvgIpc) is 2.96. The van der Waals surface area contributed by atoms with Crippen LogP contribution >= 0.6 is 11.3 Å². The van der Waals surface area contributed by atoms with E-state index in [4.69, 9.17) is 0 Å². The van der Waals surface area contributed by atoms with Crippen molar-refractivity contribution in [3.63, 3.8) is 0 Å². The summed E-state index contributed by atoms with van der Waals surface area (Å²) in [6.07, 6.45) is 0. The van der Waals surface area contributed by atoms with Crippen LogP contribution in [0, 0.1) is 6.92 Å². The number of carbonyl (C=O) groups excluding carboxylic acids is 2. The van der Waals surface area contributed by atoms with Crippen LogP contribution in [-0.2, 0) is 11.3 Å². The standard InChI is InChI=1S/C20H18N2O3S/c1-13-7-9-15(10-8-13)18-12-26-20(25)22(18)11-19(24)21-17-6-4-3-5-16(17)14(2)23/h3-10,12H,11H2,1-2H3,(H,21,24). The smallest absolute Gasteiger partial charge is 0.308 e. The number of benzene rings is 2. The maximum absolute atomic E-state index is 12.5. The van der Waals surface area contributed by atoms with Crippen LogP contribution in [0.15, 0.2) is 58.7 Å². The molecule has 2 aromatic carbocycles. The lowest BCUT2D eigenvalue weighted by Gasteiger charge is -2.11. The fraction of sp³-hybridized carbons (Fsp3) is 0.150. The molecule has 132 valence electrons. The second-order valence-corrected chi connectivity index (χ2v) is 6.81. The molecule has 0 aliphatic heterocycles. The van der Waals surface area contributed by atoms with Crippen LogP contribution in [0.1, 0.15) is 22.8 Å². The SMILES string of the molecule is CC(=O)c1ccccc1NC(=O)Cn1c(-c2ccc(C)cc2)csc1=O. The van der Waals surface area contributed by atoms with E-state index in [1.54, 1.807) is 29.6 Å². The van der Waals surface area contributed by atoms with Crippen molar-refractivity contribution >= 4 is 28.7 Å². The number of aryl methyl sites for hydroxylation is 1. The monoisotopic (exact) mass is 366 g/mol. The van der Waals surface area contributed by atoms with Crippen molar-refractivity contribution in [2.75, 3.05) is 5.32 Å². The van der Waals surface area contributed by atoms with Gasteiger partial charge in [-0.15, -0.1) is 0 Å². The van der Waals surface area contributed by atoms with Gasteiger partial charge in [0.05, 0.1) is 11.4 Å². The largest absolute Gasteiger partial charge is 0.324 e. The lowest BCUT2D eigenvalue weighted by atomic mass is 10.1. The third-order valence-electron chi connectivity index (χ3n) is 4.01. The summed E-state index contributed by atoms with van der Waals surface area (Å²) in [5.41, 5.74) is 3.60. The number of Topliss-reactive ketones (excluding diaryl/α,β-unsaturated/α-hetero) is 1. The Bertz CT molecular complexity index is 1020. The van der Waals surface area contributed by atoms with Gasteiger partial charge in [0.25, 0.3) is 0 Å². The van der Waals surface area contributed by atoms with Gasteiger partial charge in [0.15, 0.2) is 5.78 Å². The molecule has 1 N–H and O–H groups in total. The Morgan fingerprint density at radius 2 is 1.77 bits per heavy atom. The van der Waals surface area contributed by atoms with E-state index in [0.717, 1.165) is 22.5 Å². The summed E-state index contributed by atoms with van der Waals surface area (Å²) >= 11 is 1.06. The van der Waals surface area contributed by atoms with E-state index in [2.05, 4.69) is 5.32 Å². The van der Waals surface area contributed by atoms with E-state index < -0.39 is 0 Å². The number of nitrogens with zero attached hydrogens (tertiary/aromatic N) is 1. The molecular formula is C20H18N2O3S. The highest BCUT2D eigenvalue weighted by atomic mass is 32.1. The predicted molar refractivity (Wildman–Crippen MR) is 104 cm³/mol. The number of rotatable bonds is 5. The van der Waals surface area contributed by atoms with Crippen LogP contribution in [0.4, 0.5) is 5.69 Å². The van der Waals surface area contributed by atoms with E-state index in [1.165, 1.54) is 11.5 Å². The van der Waals surface area contributed by atoms with Gasteiger partial charge >= 0.3 is 4.87 Å². The third kappa shape index (κ3) is 3.81. The summed E-state index contributed by atoms with van der Waals surface area (Å²) < 4.78 is 1.45. The molecule has 0 saturated heterocycles. The molecule has 0 unspecified atom stereocenters. The molecule has 3 aromatic rings. The topological polar surface area (TPSA) is 68.2 Å². The summed E-state index contributed by atoms with van der Waals surface area (Å²) in [5.74, 6) is -0.485. The number of hydrogen-bond donors (Lipinski definition) is 1. The van der Waals surface area contributed by atoms with Gasteiger partial charge in [-0.25, -0.2) is 0 Å². The van der Waals surface area contributed by atoms with Crippen molar-refractivity contribution in [2.24, 2.45) is 0 Å². The van der Waals surface area contributed by atoms with Gasteiger partial charge in [-0.2, -0.15) is 0 Å². The molecular weight excluding hydrogens is 348 g/mol. The zero-order valence-electron chi connectivity index (χ0n) is 14.5. The number of thiazole rings is 1. The number of ketones is 1. The maximum Gasteiger partial charge on any atom is 0.308 e. The van der Waals surface area contributed by atoms with Gasteiger partial charge in [-0.1, -0.05) is 53.3 Å². The van der Waals surface area contributed by atoms with Crippen molar-refractivity contribution in [1.29, 1.82) is 0 Å². The minimum Gasteiger partial charge on any atom is -0.324 e. The minimum atomic E-state index is -0.354. The second kappa shape index (κ2) is 7.49. The fourth-order valence-corrected chi connectivity index (χ4v) is 3.43. The number of anilines is 1. The maximum atomic E-state index is 12.5. The Labute approximate surface area is 154 Å². The van der Waals surface area contributed by atoms with Gasteiger partial charge in [-0.3, -0.25) is 19.0 Å². The predicted octanol–water partition coefficient (Wildman–Crippen LogP) is 3.73. The molecule has 0 fully saturated rings. The Hall–Kier alpha value is -2.99. The Morgan fingerprint density at radius 1 is 1.08 bits per heavy atom. The highest BCUT2D eigenvalue weighted by Gasteiger charge is 2.14. The van der Waals surface area contributed by atoms with Crippen LogP contribution in [0.5, 0.6) is 0 Å². The summed E-state index contributed by atoms with van der Waals surface area (Å²) in [7, 11) is 0. The van der Waals surface area contributed by atoms with E-state index in [1.807, 2.05) is 31.2 Å². The molecule has 0 saturated carbocycles. The number of carbonyl (C=O) groups is 2. The number of amides is 1. The number of nitrogens with one attached hydrogen (secondary N) is 1. The van der Waals surface area contributed by atoms with E-state index >= 15 is 0 Å². The third-order valence-corrected chi connectivity index (χ3v) is 4.78.